The first kappa shape index (κ1) is 16.8. The first-order valence-electron chi connectivity index (χ1n) is 5.73. The zero-order chi connectivity index (χ0) is 14.1. The third-order valence-corrected chi connectivity index (χ3v) is 4.87. The standard InChI is InChI=1S/C13H16O2S4/c1-3-15-13(17)19-9-11-6-4-10(5-7-11)8-18-12(16)14-2/h4-7H,3,8-9H2,1-2H3. The molecule has 0 aliphatic carbocycles. The molecule has 0 aliphatic rings. The summed E-state index contributed by atoms with van der Waals surface area (Å²) in [6.07, 6.45) is 0. The van der Waals surface area contributed by atoms with Crippen LogP contribution < -0.4 is 0 Å². The topological polar surface area (TPSA) is 18.5 Å². The van der Waals surface area contributed by atoms with Crippen LogP contribution in [0.2, 0.25) is 0 Å². The van der Waals surface area contributed by atoms with Crippen LogP contribution in [0.3, 0.4) is 0 Å². The average molecular weight is 333 g/mol. The maximum Gasteiger partial charge on any atom is 0.220 e. The third-order valence-electron chi connectivity index (χ3n) is 2.17. The van der Waals surface area contributed by atoms with Crippen molar-refractivity contribution >= 4 is 56.7 Å². The zero-order valence-corrected chi connectivity index (χ0v) is 14.1. The van der Waals surface area contributed by atoms with Gasteiger partial charge in [-0.2, -0.15) is 0 Å². The SMILES string of the molecule is CCOC(=S)SCc1ccc(CSC(=S)OC)cc1. The van der Waals surface area contributed by atoms with Crippen LogP contribution in [-0.2, 0) is 21.0 Å². The highest BCUT2D eigenvalue weighted by Crippen LogP contribution is 2.18. The Labute approximate surface area is 133 Å². The first-order chi connectivity index (χ1) is 9.15. The van der Waals surface area contributed by atoms with E-state index in [2.05, 4.69) is 24.3 Å². The highest BCUT2D eigenvalue weighted by Gasteiger charge is 2.01. The Morgan fingerprint density at radius 3 is 1.89 bits per heavy atom. The van der Waals surface area contributed by atoms with Gasteiger partial charge < -0.3 is 9.47 Å². The molecule has 0 atom stereocenters. The van der Waals surface area contributed by atoms with E-state index in [4.69, 9.17) is 33.9 Å². The van der Waals surface area contributed by atoms with Crippen molar-refractivity contribution in [3.8, 4) is 0 Å². The molecule has 1 aromatic rings. The summed E-state index contributed by atoms with van der Waals surface area (Å²) in [5.74, 6) is 1.67. The summed E-state index contributed by atoms with van der Waals surface area (Å²) >= 11 is 13.1. The van der Waals surface area contributed by atoms with Gasteiger partial charge in [0.15, 0.2) is 0 Å². The van der Waals surface area contributed by atoms with Crippen molar-refractivity contribution in [2.45, 2.75) is 18.4 Å². The summed E-state index contributed by atoms with van der Waals surface area (Å²) in [6.45, 7) is 2.56. The minimum atomic E-state index is 0.571. The highest BCUT2D eigenvalue weighted by atomic mass is 32.2. The molecule has 0 saturated carbocycles. The average Bonchev–Trinajstić information content (AvgIpc) is 2.44. The van der Waals surface area contributed by atoms with Gasteiger partial charge in [0.05, 0.1) is 13.7 Å². The molecule has 2 nitrogen and oxygen atoms in total. The summed E-state index contributed by atoms with van der Waals surface area (Å²) in [5, 5.41) is 0. The molecule has 0 aliphatic heterocycles. The maximum atomic E-state index is 5.23. The van der Waals surface area contributed by atoms with Gasteiger partial charge in [0.2, 0.25) is 8.77 Å². The number of thiocarbonyl (C=S) groups is 2. The van der Waals surface area contributed by atoms with Crippen molar-refractivity contribution in [1.29, 1.82) is 0 Å². The van der Waals surface area contributed by atoms with Crippen molar-refractivity contribution in [3.05, 3.63) is 35.4 Å². The lowest BCUT2D eigenvalue weighted by Gasteiger charge is -2.06. The summed E-state index contributed by atoms with van der Waals surface area (Å²) in [6, 6.07) is 8.41. The molecule has 0 fully saturated rings. The number of thioether (sulfide) groups is 2. The number of rotatable bonds is 5. The van der Waals surface area contributed by atoms with Crippen molar-refractivity contribution in [3.63, 3.8) is 0 Å². The van der Waals surface area contributed by atoms with Gasteiger partial charge in [-0.1, -0.05) is 47.8 Å². The van der Waals surface area contributed by atoms with E-state index in [0.717, 1.165) is 11.5 Å². The van der Waals surface area contributed by atoms with Crippen LogP contribution in [-0.4, -0.2) is 22.5 Å². The maximum absolute atomic E-state index is 5.23. The van der Waals surface area contributed by atoms with Gasteiger partial charge in [0.25, 0.3) is 0 Å². The predicted octanol–water partition coefficient (Wildman–Crippen LogP) is 4.41. The number of benzene rings is 1. The van der Waals surface area contributed by atoms with E-state index >= 15 is 0 Å². The van der Waals surface area contributed by atoms with Gasteiger partial charge >= 0.3 is 0 Å². The fraction of sp³-hybridized carbons (Fsp3) is 0.385. The van der Waals surface area contributed by atoms with Gasteiger partial charge in [-0.05, 0) is 42.5 Å². The fourth-order valence-electron chi connectivity index (χ4n) is 1.23. The normalized spacial score (nSPS) is 10.0. The molecule has 19 heavy (non-hydrogen) atoms. The molecule has 0 amide bonds. The highest BCUT2D eigenvalue weighted by molar-refractivity contribution is 8.22. The van der Waals surface area contributed by atoms with Crippen molar-refractivity contribution < 1.29 is 9.47 Å². The van der Waals surface area contributed by atoms with Gasteiger partial charge in [-0.15, -0.1) is 0 Å². The van der Waals surface area contributed by atoms with E-state index < -0.39 is 0 Å². The molecule has 0 N–H and O–H groups in total. The van der Waals surface area contributed by atoms with Gasteiger partial charge in [0.1, 0.15) is 0 Å². The van der Waals surface area contributed by atoms with Crippen molar-refractivity contribution in [2.75, 3.05) is 13.7 Å². The van der Waals surface area contributed by atoms with Crippen LogP contribution in [0.25, 0.3) is 0 Å². The first-order valence-corrected chi connectivity index (χ1v) is 8.52. The Balaban J connectivity index is 2.39. The zero-order valence-electron chi connectivity index (χ0n) is 10.9. The van der Waals surface area contributed by atoms with E-state index in [1.54, 1.807) is 18.9 Å². The predicted molar refractivity (Wildman–Crippen MR) is 92.9 cm³/mol. The minimum Gasteiger partial charge on any atom is -0.482 e. The summed E-state index contributed by atoms with van der Waals surface area (Å²) < 4.78 is 11.3. The molecular formula is C13H16O2S4. The summed E-state index contributed by atoms with van der Waals surface area (Å²) in [4.78, 5) is 0. The van der Waals surface area contributed by atoms with Gasteiger partial charge in [-0.25, -0.2) is 0 Å². The van der Waals surface area contributed by atoms with Crippen LogP contribution in [0.5, 0.6) is 0 Å². The minimum absolute atomic E-state index is 0.571. The van der Waals surface area contributed by atoms with Gasteiger partial charge in [0, 0.05) is 11.5 Å². The Hall–Kier alpha value is -0.300. The van der Waals surface area contributed by atoms with Crippen molar-refractivity contribution in [1.82, 2.24) is 0 Å². The summed E-state index contributed by atoms with van der Waals surface area (Å²) in [7, 11) is 1.59. The second kappa shape index (κ2) is 9.58. The smallest absolute Gasteiger partial charge is 0.220 e. The Bertz CT molecular complexity index is 417. The third kappa shape index (κ3) is 7.15. The molecule has 0 spiro atoms. The van der Waals surface area contributed by atoms with Crippen LogP contribution >= 0.6 is 48.0 Å². The molecule has 0 unspecified atom stereocenters. The Morgan fingerprint density at radius 2 is 1.47 bits per heavy atom. The Morgan fingerprint density at radius 1 is 1.00 bits per heavy atom. The Kier molecular flexibility index (Phi) is 8.45. The molecule has 1 aromatic carbocycles. The number of hydrogen-bond acceptors (Lipinski definition) is 6. The lowest BCUT2D eigenvalue weighted by molar-refractivity contribution is 0.346. The quantitative estimate of drug-likeness (QED) is 0.738. The van der Waals surface area contributed by atoms with E-state index in [1.807, 2.05) is 6.92 Å². The molecular weight excluding hydrogens is 316 g/mol. The molecule has 104 valence electrons. The molecule has 0 radical (unpaired) electrons. The van der Waals surface area contributed by atoms with Crippen LogP contribution in [0.15, 0.2) is 24.3 Å². The molecule has 0 aromatic heterocycles. The van der Waals surface area contributed by atoms with Crippen LogP contribution in [0.4, 0.5) is 0 Å². The van der Waals surface area contributed by atoms with E-state index in [-0.39, 0.29) is 0 Å². The van der Waals surface area contributed by atoms with Crippen LogP contribution in [0.1, 0.15) is 18.1 Å². The van der Waals surface area contributed by atoms with E-state index in [1.165, 1.54) is 22.9 Å². The lowest BCUT2D eigenvalue weighted by atomic mass is 10.2. The fourth-order valence-corrected chi connectivity index (χ4v) is 2.98. The monoisotopic (exact) mass is 332 g/mol. The van der Waals surface area contributed by atoms with E-state index in [0.29, 0.717) is 15.4 Å². The lowest BCUT2D eigenvalue weighted by Crippen LogP contribution is -1.96. The number of methoxy groups -OCH3 is 1. The van der Waals surface area contributed by atoms with E-state index in [9.17, 15) is 0 Å². The largest absolute Gasteiger partial charge is 0.482 e. The second-order valence-electron chi connectivity index (χ2n) is 3.53. The molecule has 6 heteroatoms. The second-order valence-corrected chi connectivity index (χ2v) is 6.69. The van der Waals surface area contributed by atoms with Crippen molar-refractivity contribution in [2.24, 2.45) is 0 Å². The number of hydrogen-bond donors (Lipinski definition) is 0. The molecule has 0 heterocycles. The number of ether oxygens (including phenoxy) is 2. The molecule has 1 rings (SSSR count). The van der Waals surface area contributed by atoms with Gasteiger partial charge in [-0.3, -0.25) is 0 Å². The molecule has 0 bridgehead atoms. The molecule has 0 saturated heterocycles. The summed E-state index contributed by atoms with van der Waals surface area (Å²) in [5.41, 5.74) is 2.46. The van der Waals surface area contributed by atoms with Crippen LogP contribution in [0, 0.1) is 0 Å².